The molecule has 19 heavy (non-hydrogen) atoms. The van der Waals surface area contributed by atoms with E-state index in [2.05, 4.69) is 0 Å². The number of benzene rings is 2. The van der Waals surface area contributed by atoms with E-state index in [1.807, 2.05) is 41.3 Å². The molecule has 4 heteroatoms. The monoisotopic (exact) mass is 258 g/mol. The molecule has 0 saturated heterocycles. The molecule has 0 radical (unpaired) electrons. The highest BCUT2D eigenvalue weighted by Gasteiger charge is 2.12. The number of methoxy groups -OCH3 is 1. The van der Waals surface area contributed by atoms with E-state index in [-0.39, 0.29) is 5.75 Å². The number of nitrogens with zero attached hydrogens (tertiary/aromatic N) is 1. The Hall–Kier alpha value is -2.20. The average Bonchev–Trinajstić information content (AvgIpc) is 2.46. The second-order valence-corrected chi connectivity index (χ2v) is 4.13. The molecule has 0 heterocycles. The molecule has 2 aromatic carbocycles. The molecule has 0 aliphatic heterocycles. The van der Waals surface area contributed by atoms with Gasteiger partial charge in [-0.1, -0.05) is 18.2 Å². The van der Waals surface area contributed by atoms with Crippen LogP contribution in [0, 0.1) is 0 Å². The number of para-hydroxylation sites is 2. The van der Waals surface area contributed by atoms with E-state index in [1.165, 1.54) is 0 Å². The van der Waals surface area contributed by atoms with Gasteiger partial charge >= 0.3 is 0 Å². The first-order chi connectivity index (χ1) is 9.26. The van der Waals surface area contributed by atoms with Crippen molar-refractivity contribution in [1.82, 2.24) is 0 Å². The lowest BCUT2D eigenvalue weighted by molar-refractivity contribution is 0.415. The Labute approximate surface area is 113 Å². The van der Waals surface area contributed by atoms with Gasteiger partial charge in [-0.2, -0.15) is 0 Å². The number of rotatable bonds is 5. The van der Waals surface area contributed by atoms with Gasteiger partial charge in [0.2, 0.25) is 0 Å². The number of hydrogen-bond donors (Lipinski definition) is 2. The first kappa shape index (κ1) is 13.2. The Morgan fingerprint density at radius 2 is 1.95 bits per heavy atom. The van der Waals surface area contributed by atoms with Gasteiger partial charge in [-0.05, 0) is 24.3 Å². The molecule has 0 unspecified atom stereocenters. The molecule has 2 aromatic rings. The van der Waals surface area contributed by atoms with Crippen molar-refractivity contribution in [3.05, 3.63) is 48.5 Å². The van der Waals surface area contributed by atoms with E-state index in [4.69, 9.17) is 10.5 Å². The van der Waals surface area contributed by atoms with Gasteiger partial charge in [0.15, 0.2) is 0 Å². The molecule has 0 aliphatic rings. The van der Waals surface area contributed by atoms with Crippen LogP contribution < -0.4 is 15.4 Å². The van der Waals surface area contributed by atoms with E-state index < -0.39 is 0 Å². The quantitative estimate of drug-likeness (QED) is 0.865. The summed E-state index contributed by atoms with van der Waals surface area (Å²) in [7, 11) is 1.63. The van der Waals surface area contributed by atoms with E-state index in [9.17, 15) is 5.11 Å². The Morgan fingerprint density at radius 1 is 1.16 bits per heavy atom. The summed E-state index contributed by atoms with van der Waals surface area (Å²) in [6, 6.07) is 14.9. The van der Waals surface area contributed by atoms with Crippen LogP contribution in [0.15, 0.2) is 48.5 Å². The predicted molar refractivity (Wildman–Crippen MR) is 77.2 cm³/mol. The third kappa shape index (κ3) is 2.98. The fraction of sp³-hybridized carbons (Fsp3) is 0.200. The van der Waals surface area contributed by atoms with Gasteiger partial charge in [-0.3, -0.25) is 0 Å². The third-order valence-corrected chi connectivity index (χ3v) is 2.89. The molecule has 2 rings (SSSR count). The second-order valence-electron chi connectivity index (χ2n) is 4.13. The van der Waals surface area contributed by atoms with Crippen molar-refractivity contribution in [2.45, 2.75) is 0 Å². The van der Waals surface area contributed by atoms with Crippen molar-refractivity contribution in [2.24, 2.45) is 5.73 Å². The molecule has 0 saturated carbocycles. The number of aromatic hydroxyl groups is 1. The summed E-state index contributed by atoms with van der Waals surface area (Å²) >= 11 is 0. The lowest BCUT2D eigenvalue weighted by Gasteiger charge is -2.25. The van der Waals surface area contributed by atoms with E-state index >= 15 is 0 Å². The summed E-state index contributed by atoms with van der Waals surface area (Å²) in [5.41, 5.74) is 7.34. The van der Waals surface area contributed by atoms with Crippen LogP contribution >= 0.6 is 0 Å². The zero-order valence-corrected chi connectivity index (χ0v) is 10.9. The molecule has 0 aliphatic carbocycles. The number of nitrogens with two attached hydrogens (primary N) is 1. The number of phenols is 1. The van der Waals surface area contributed by atoms with Crippen molar-refractivity contribution in [1.29, 1.82) is 0 Å². The molecular formula is C15H18N2O2. The van der Waals surface area contributed by atoms with Gasteiger partial charge in [-0.15, -0.1) is 0 Å². The molecular weight excluding hydrogens is 240 g/mol. The van der Waals surface area contributed by atoms with E-state index in [0.717, 1.165) is 17.1 Å². The van der Waals surface area contributed by atoms with Gasteiger partial charge in [0.25, 0.3) is 0 Å². The number of hydrogen-bond acceptors (Lipinski definition) is 4. The fourth-order valence-corrected chi connectivity index (χ4v) is 1.99. The molecule has 0 atom stereocenters. The molecule has 100 valence electrons. The summed E-state index contributed by atoms with van der Waals surface area (Å²) in [5, 5.41) is 9.98. The molecule has 3 N–H and O–H groups in total. The second kappa shape index (κ2) is 6.11. The highest BCUT2D eigenvalue weighted by Crippen LogP contribution is 2.33. The lowest BCUT2D eigenvalue weighted by atomic mass is 10.2. The van der Waals surface area contributed by atoms with E-state index in [1.54, 1.807) is 19.2 Å². The molecule has 0 spiro atoms. The first-order valence-corrected chi connectivity index (χ1v) is 6.16. The Morgan fingerprint density at radius 3 is 2.63 bits per heavy atom. The highest BCUT2D eigenvalue weighted by atomic mass is 16.5. The van der Waals surface area contributed by atoms with Gasteiger partial charge < -0.3 is 20.5 Å². The van der Waals surface area contributed by atoms with Gasteiger partial charge in [0.1, 0.15) is 11.5 Å². The average molecular weight is 258 g/mol. The number of ether oxygens (including phenoxy) is 1. The predicted octanol–water partition coefficient (Wildman–Crippen LogP) is 2.50. The van der Waals surface area contributed by atoms with Crippen LogP contribution in [0.3, 0.4) is 0 Å². The number of anilines is 2. The summed E-state index contributed by atoms with van der Waals surface area (Å²) in [6.45, 7) is 1.11. The van der Waals surface area contributed by atoms with Crippen molar-refractivity contribution in [3.8, 4) is 11.5 Å². The zero-order chi connectivity index (χ0) is 13.7. The van der Waals surface area contributed by atoms with Crippen LogP contribution in [0.4, 0.5) is 11.4 Å². The van der Waals surface area contributed by atoms with Gasteiger partial charge in [0.05, 0.1) is 12.8 Å². The fourth-order valence-electron chi connectivity index (χ4n) is 1.99. The molecule has 0 amide bonds. The molecule has 0 aromatic heterocycles. The van der Waals surface area contributed by atoms with Crippen LogP contribution in [0.25, 0.3) is 0 Å². The smallest absolute Gasteiger partial charge is 0.139 e. The Balaban J connectivity index is 2.42. The largest absolute Gasteiger partial charge is 0.506 e. The minimum atomic E-state index is 0.235. The SMILES string of the molecule is COc1cccc(N(CCN)c2ccccc2O)c1. The van der Waals surface area contributed by atoms with Crippen LogP contribution in [-0.4, -0.2) is 25.3 Å². The zero-order valence-electron chi connectivity index (χ0n) is 10.9. The first-order valence-electron chi connectivity index (χ1n) is 6.16. The standard InChI is InChI=1S/C15H18N2O2/c1-19-13-6-4-5-12(11-13)17(10-9-16)14-7-2-3-8-15(14)18/h2-8,11,18H,9-10,16H2,1H3. The third-order valence-electron chi connectivity index (χ3n) is 2.89. The van der Waals surface area contributed by atoms with Gasteiger partial charge in [-0.25, -0.2) is 0 Å². The Bertz CT molecular complexity index is 543. The van der Waals surface area contributed by atoms with Gasteiger partial charge in [0, 0.05) is 24.8 Å². The lowest BCUT2D eigenvalue weighted by Crippen LogP contribution is -2.24. The summed E-state index contributed by atoms with van der Waals surface area (Å²) in [6.07, 6.45) is 0. The van der Waals surface area contributed by atoms with Crippen LogP contribution in [0.2, 0.25) is 0 Å². The summed E-state index contributed by atoms with van der Waals surface area (Å²) < 4.78 is 5.23. The van der Waals surface area contributed by atoms with Crippen molar-refractivity contribution in [3.63, 3.8) is 0 Å². The van der Waals surface area contributed by atoms with Crippen LogP contribution in [0.5, 0.6) is 11.5 Å². The maximum atomic E-state index is 9.98. The minimum absolute atomic E-state index is 0.235. The summed E-state index contributed by atoms with van der Waals surface area (Å²) in [4.78, 5) is 1.97. The number of phenolic OH excluding ortho intramolecular Hbond substituents is 1. The Kier molecular flexibility index (Phi) is 4.26. The maximum absolute atomic E-state index is 9.98. The van der Waals surface area contributed by atoms with E-state index in [0.29, 0.717) is 13.1 Å². The van der Waals surface area contributed by atoms with Crippen molar-refractivity contribution in [2.75, 3.05) is 25.1 Å². The van der Waals surface area contributed by atoms with Crippen molar-refractivity contribution >= 4 is 11.4 Å². The van der Waals surface area contributed by atoms with Crippen molar-refractivity contribution < 1.29 is 9.84 Å². The topological polar surface area (TPSA) is 58.7 Å². The molecule has 4 nitrogen and oxygen atoms in total. The normalized spacial score (nSPS) is 10.2. The van der Waals surface area contributed by atoms with Crippen LogP contribution in [-0.2, 0) is 0 Å². The highest BCUT2D eigenvalue weighted by molar-refractivity contribution is 5.69. The maximum Gasteiger partial charge on any atom is 0.139 e. The summed E-state index contributed by atoms with van der Waals surface area (Å²) in [5.74, 6) is 1.01. The minimum Gasteiger partial charge on any atom is -0.506 e. The molecule has 0 fully saturated rings. The molecule has 0 bridgehead atoms. The van der Waals surface area contributed by atoms with Crippen LogP contribution in [0.1, 0.15) is 0 Å².